The lowest BCUT2D eigenvalue weighted by Gasteiger charge is -2.14. The Bertz CT molecular complexity index is 727. The lowest BCUT2D eigenvalue weighted by atomic mass is 9.96. The molecule has 0 fully saturated rings. The third kappa shape index (κ3) is 3.60. The van der Waals surface area contributed by atoms with Crippen molar-refractivity contribution < 1.29 is 4.92 Å². The van der Waals surface area contributed by atoms with Gasteiger partial charge in [-0.1, -0.05) is 32.5 Å². The predicted molar refractivity (Wildman–Crippen MR) is 82.7 cm³/mol. The number of nitrogens with zero attached hydrogens (tertiary/aromatic N) is 3. The summed E-state index contributed by atoms with van der Waals surface area (Å²) in [5.74, 6) is 0. The van der Waals surface area contributed by atoms with E-state index in [0.717, 1.165) is 9.22 Å². The first-order valence-corrected chi connectivity index (χ1v) is 7.77. The summed E-state index contributed by atoms with van der Waals surface area (Å²) >= 11 is 2.78. The van der Waals surface area contributed by atoms with Crippen molar-refractivity contribution in [3.05, 3.63) is 45.0 Å². The molecule has 0 spiro atoms. The Morgan fingerprint density at radius 2 is 2.14 bits per heavy atom. The summed E-state index contributed by atoms with van der Waals surface area (Å²) in [5, 5.41) is 19.9. The van der Waals surface area contributed by atoms with Crippen molar-refractivity contribution in [3.8, 4) is 6.07 Å². The van der Waals surface area contributed by atoms with Gasteiger partial charge >= 0.3 is 0 Å². The van der Waals surface area contributed by atoms with Crippen LogP contribution in [0.3, 0.4) is 0 Å². The molecule has 21 heavy (non-hydrogen) atoms. The van der Waals surface area contributed by atoms with E-state index in [4.69, 9.17) is 5.26 Å². The second kappa shape index (κ2) is 5.84. The van der Waals surface area contributed by atoms with E-state index < -0.39 is 4.92 Å². The molecule has 0 unspecified atom stereocenters. The Labute approximate surface area is 130 Å². The highest BCUT2D eigenvalue weighted by Crippen LogP contribution is 2.39. The van der Waals surface area contributed by atoms with Gasteiger partial charge in [-0.25, -0.2) is 4.98 Å². The fourth-order valence-electron chi connectivity index (χ4n) is 1.56. The van der Waals surface area contributed by atoms with E-state index in [-0.39, 0.29) is 16.7 Å². The second-order valence-electron chi connectivity index (χ2n) is 5.39. The normalized spacial score (nSPS) is 11.1. The zero-order valence-electron chi connectivity index (χ0n) is 11.8. The SMILES string of the molecule is CC(C)(C)c1cnc(Sc2ccc(C#N)cc2[N+](=O)[O-])s1. The molecule has 0 amide bonds. The van der Waals surface area contributed by atoms with Crippen LogP contribution in [-0.2, 0) is 5.41 Å². The van der Waals surface area contributed by atoms with E-state index in [9.17, 15) is 10.1 Å². The van der Waals surface area contributed by atoms with Gasteiger partial charge < -0.3 is 0 Å². The summed E-state index contributed by atoms with van der Waals surface area (Å²) in [6, 6.07) is 6.38. The zero-order valence-corrected chi connectivity index (χ0v) is 13.4. The van der Waals surface area contributed by atoms with Crippen molar-refractivity contribution in [3.63, 3.8) is 0 Å². The van der Waals surface area contributed by atoms with Crippen LogP contribution in [0.4, 0.5) is 5.69 Å². The van der Waals surface area contributed by atoms with Crippen molar-refractivity contribution in [2.75, 3.05) is 0 Å². The number of aromatic nitrogens is 1. The summed E-state index contributed by atoms with van der Waals surface area (Å²) in [4.78, 5) is 16.6. The van der Waals surface area contributed by atoms with E-state index in [1.807, 2.05) is 12.3 Å². The summed E-state index contributed by atoms with van der Waals surface area (Å²) in [7, 11) is 0. The molecule has 1 aromatic carbocycles. The number of hydrogen-bond acceptors (Lipinski definition) is 6. The van der Waals surface area contributed by atoms with Gasteiger partial charge in [0.05, 0.1) is 21.5 Å². The Morgan fingerprint density at radius 3 is 2.67 bits per heavy atom. The molecule has 2 rings (SSSR count). The summed E-state index contributed by atoms with van der Waals surface area (Å²) in [5.41, 5.74) is 0.222. The summed E-state index contributed by atoms with van der Waals surface area (Å²) in [6.45, 7) is 6.29. The van der Waals surface area contributed by atoms with Crippen molar-refractivity contribution in [1.82, 2.24) is 4.98 Å². The van der Waals surface area contributed by atoms with Crippen LogP contribution in [0.25, 0.3) is 0 Å². The Morgan fingerprint density at radius 1 is 1.43 bits per heavy atom. The number of hydrogen-bond donors (Lipinski definition) is 0. The van der Waals surface area contributed by atoms with E-state index in [1.165, 1.54) is 29.2 Å². The molecule has 1 aromatic heterocycles. The highest BCUT2D eigenvalue weighted by molar-refractivity contribution is 8.01. The molecule has 0 bridgehead atoms. The van der Waals surface area contributed by atoms with Crippen molar-refractivity contribution in [1.29, 1.82) is 5.26 Å². The van der Waals surface area contributed by atoms with Gasteiger partial charge in [0.25, 0.3) is 5.69 Å². The van der Waals surface area contributed by atoms with Crippen LogP contribution in [0.15, 0.2) is 33.6 Å². The molecular weight excluding hydrogens is 306 g/mol. The van der Waals surface area contributed by atoms with Gasteiger partial charge in [-0.3, -0.25) is 10.1 Å². The number of rotatable bonds is 3. The highest BCUT2D eigenvalue weighted by atomic mass is 32.2. The average molecular weight is 319 g/mol. The topological polar surface area (TPSA) is 79.8 Å². The molecular formula is C14H13N3O2S2. The molecule has 0 aliphatic heterocycles. The van der Waals surface area contributed by atoms with Gasteiger partial charge in [0, 0.05) is 17.1 Å². The molecule has 0 aliphatic carbocycles. The molecule has 7 heteroatoms. The first kappa shape index (κ1) is 15.5. The molecule has 1 heterocycles. The van der Waals surface area contributed by atoms with Gasteiger partial charge in [-0.2, -0.15) is 5.26 Å². The molecule has 5 nitrogen and oxygen atoms in total. The van der Waals surface area contributed by atoms with Crippen LogP contribution >= 0.6 is 23.1 Å². The van der Waals surface area contributed by atoms with E-state index in [2.05, 4.69) is 25.8 Å². The smallest absolute Gasteiger partial charge is 0.258 e. The Hall–Kier alpha value is -1.91. The maximum atomic E-state index is 11.1. The van der Waals surface area contributed by atoms with Crippen molar-refractivity contribution >= 4 is 28.8 Å². The molecule has 0 aliphatic rings. The minimum Gasteiger partial charge on any atom is -0.258 e. The first-order chi connectivity index (χ1) is 9.81. The fourth-order valence-corrected chi connectivity index (χ4v) is 3.64. The van der Waals surface area contributed by atoms with Gasteiger partial charge in [-0.15, -0.1) is 11.3 Å². The Kier molecular flexibility index (Phi) is 4.30. The van der Waals surface area contributed by atoms with Crippen LogP contribution in [0, 0.1) is 21.4 Å². The number of nitro groups is 1. The van der Waals surface area contributed by atoms with Crippen LogP contribution in [0.2, 0.25) is 0 Å². The maximum Gasteiger partial charge on any atom is 0.284 e. The summed E-state index contributed by atoms with van der Waals surface area (Å²) < 4.78 is 0.757. The van der Waals surface area contributed by atoms with E-state index in [1.54, 1.807) is 12.1 Å². The molecule has 2 aromatic rings. The van der Waals surface area contributed by atoms with Crippen LogP contribution in [0.5, 0.6) is 0 Å². The fraction of sp³-hybridized carbons (Fsp3) is 0.286. The molecule has 108 valence electrons. The van der Waals surface area contributed by atoms with Gasteiger partial charge in [0.1, 0.15) is 0 Å². The lowest BCUT2D eigenvalue weighted by molar-refractivity contribution is -0.387. The van der Waals surface area contributed by atoms with Gasteiger partial charge in [0.15, 0.2) is 4.34 Å². The monoisotopic (exact) mass is 319 g/mol. The van der Waals surface area contributed by atoms with E-state index >= 15 is 0 Å². The largest absolute Gasteiger partial charge is 0.284 e. The zero-order chi connectivity index (χ0) is 15.6. The number of nitriles is 1. The summed E-state index contributed by atoms with van der Waals surface area (Å²) in [6.07, 6.45) is 1.81. The van der Waals surface area contributed by atoms with Crippen molar-refractivity contribution in [2.45, 2.75) is 35.4 Å². The lowest BCUT2D eigenvalue weighted by Crippen LogP contribution is -2.07. The molecule has 0 saturated heterocycles. The third-order valence-corrected chi connectivity index (χ3v) is 5.27. The van der Waals surface area contributed by atoms with Crippen LogP contribution < -0.4 is 0 Å². The quantitative estimate of drug-likeness (QED) is 0.620. The maximum absolute atomic E-state index is 11.1. The Balaban J connectivity index is 2.34. The number of thiazole rings is 1. The minimum atomic E-state index is -0.471. The molecule has 0 atom stereocenters. The van der Waals surface area contributed by atoms with Gasteiger partial charge in [-0.05, 0) is 17.5 Å². The minimum absolute atomic E-state index is 0.00702. The second-order valence-corrected chi connectivity index (χ2v) is 7.71. The highest BCUT2D eigenvalue weighted by Gasteiger charge is 2.20. The first-order valence-electron chi connectivity index (χ1n) is 6.14. The van der Waals surface area contributed by atoms with Crippen LogP contribution in [-0.4, -0.2) is 9.91 Å². The predicted octanol–water partition coefficient (Wildman–Crippen LogP) is 4.37. The van der Waals surface area contributed by atoms with E-state index in [0.29, 0.717) is 4.90 Å². The van der Waals surface area contributed by atoms with Crippen molar-refractivity contribution in [2.24, 2.45) is 0 Å². The van der Waals surface area contributed by atoms with Gasteiger partial charge in [0.2, 0.25) is 0 Å². The average Bonchev–Trinajstić information content (AvgIpc) is 2.87. The third-order valence-electron chi connectivity index (χ3n) is 2.71. The molecule has 0 N–H and O–H groups in total. The molecule has 0 radical (unpaired) electrons. The number of nitro benzene ring substituents is 1. The molecule has 0 saturated carbocycles. The standard InChI is InChI=1S/C14H13N3O2S2/c1-14(2,3)12-8-16-13(21-12)20-11-5-4-9(7-15)6-10(11)17(18)19/h4-6,8H,1-3H3. The van der Waals surface area contributed by atoms with Crippen LogP contribution in [0.1, 0.15) is 31.2 Å². The number of benzene rings is 1.